The molecule has 0 fully saturated rings. The minimum Gasteiger partial charge on any atom is -0.462 e. The highest BCUT2D eigenvalue weighted by Gasteiger charge is 2.27. The van der Waals surface area contributed by atoms with Gasteiger partial charge in [-0.05, 0) is 57.3 Å². The highest BCUT2D eigenvalue weighted by molar-refractivity contribution is 7.47. The SMILES string of the molecule is CC/C=C\C/C=C\C/C=C\C/C=C\C[C@@H](O)[C@H](O)CCCC(=O)O[C@H](COC(=O)CCCCCCCCCCCCC(C)C)COP(=O)(O)OC[C@@H](O)CO. The summed E-state index contributed by atoms with van der Waals surface area (Å²) in [5, 5.41) is 39.0. The number of carbonyl (C=O) groups excluding carboxylic acids is 2. The van der Waals surface area contributed by atoms with Gasteiger partial charge in [0.05, 0.1) is 32.0 Å². The topological polar surface area (TPSA) is 189 Å². The van der Waals surface area contributed by atoms with E-state index in [0.717, 1.165) is 44.4 Å². The number of phosphoric acid groups is 1. The van der Waals surface area contributed by atoms with Gasteiger partial charge in [-0.25, -0.2) is 4.57 Å². The predicted octanol–water partition coefficient (Wildman–Crippen LogP) is 8.35. The van der Waals surface area contributed by atoms with Crippen molar-refractivity contribution in [3.8, 4) is 0 Å². The molecule has 13 heteroatoms. The first kappa shape index (κ1) is 52.9. The van der Waals surface area contributed by atoms with Crippen molar-refractivity contribution < 1.29 is 58.0 Å². The number of hydrogen-bond acceptors (Lipinski definition) is 11. The van der Waals surface area contributed by atoms with E-state index in [9.17, 15) is 34.4 Å². The van der Waals surface area contributed by atoms with Gasteiger partial charge in [0.1, 0.15) is 12.7 Å². The zero-order valence-corrected chi connectivity index (χ0v) is 34.9. The van der Waals surface area contributed by atoms with Gasteiger partial charge in [0.2, 0.25) is 0 Å². The van der Waals surface area contributed by atoms with Gasteiger partial charge in [0.25, 0.3) is 0 Å². The van der Waals surface area contributed by atoms with Crippen LogP contribution in [0.1, 0.15) is 149 Å². The molecule has 5 N–H and O–H groups in total. The number of ether oxygens (including phenoxy) is 2. The number of aliphatic hydroxyl groups excluding tert-OH is 4. The summed E-state index contributed by atoms with van der Waals surface area (Å²) in [4.78, 5) is 35.0. The van der Waals surface area contributed by atoms with Gasteiger partial charge < -0.3 is 34.8 Å². The summed E-state index contributed by atoms with van der Waals surface area (Å²) in [6, 6.07) is 0. The number of unbranched alkanes of at least 4 members (excludes halogenated alkanes) is 9. The van der Waals surface area contributed by atoms with Crippen molar-refractivity contribution in [2.45, 2.75) is 174 Å². The molecule has 0 saturated carbocycles. The average Bonchev–Trinajstić information content (AvgIpc) is 3.15. The lowest BCUT2D eigenvalue weighted by atomic mass is 10.0. The number of carbonyl (C=O) groups is 2. The van der Waals surface area contributed by atoms with Gasteiger partial charge in [0, 0.05) is 12.8 Å². The van der Waals surface area contributed by atoms with E-state index in [0.29, 0.717) is 12.8 Å². The van der Waals surface area contributed by atoms with E-state index in [4.69, 9.17) is 19.1 Å². The fraction of sp³-hybridized carbons (Fsp3) is 0.762. The Morgan fingerprint density at radius 3 is 1.69 bits per heavy atom. The maximum Gasteiger partial charge on any atom is 0.472 e. The maximum absolute atomic E-state index is 12.6. The third kappa shape index (κ3) is 36.0. The number of aliphatic hydroxyl groups is 4. The quantitative estimate of drug-likeness (QED) is 0.0175. The van der Waals surface area contributed by atoms with Crippen LogP contribution >= 0.6 is 7.82 Å². The molecule has 320 valence electrons. The van der Waals surface area contributed by atoms with Crippen molar-refractivity contribution in [2.24, 2.45) is 5.92 Å². The van der Waals surface area contributed by atoms with Crippen LogP contribution in [0.3, 0.4) is 0 Å². The Labute approximate surface area is 331 Å². The number of phosphoric ester groups is 1. The van der Waals surface area contributed by atoms with E-state index in [1.165, 1.54) is 44.9 Å². The smallest absolute Gasteiger partial charge is 0.462 e. The summed E-state index contributed by atoms with van der Waals surface area (Å²) in [5.41, 5.74) is 0. The largest absolute Gasteiger partial charge is 0.472 e. The lowest BCUT2D eigenvalue weighted by molar-refractivity contribution is -0.161. The van der Waals surface area contributed by atoms with Crippen LogP contribution in [0.25, 0.3) is 0 Å². The Morgan fingerprint density at radius 1 is 0.618 bits per heavy atom. The summed E-state index contributed by atoms with van der Waals surface area (Å²) in [6.07, 6.45) is 28.3. The van der Waals surface area contributed by atoms with E-state index in [1.807, 2.05) is 12.2 Å². The zero-order chi connectivity index (χ0) is 41.0. The molecule has 0 aliphatic rings. The van der Waals surface area contributed by atoms with E-state index in [-0.39, 0.29) is 32.1 Å². The molecule has 0 spiro atoms. The highest BCUT2D eigenvalue weighted by atomic mass is 31.2. The summed E-state index contributed by atoms with van der Waals surface area (Å²) in [7, 11) is -4.70. The van der Waals surface area contributed by atoms with Gasteiger partial charge in [-0.3, -0.25) is 18.6 Å². The molecule has 0 bridgehead atoms. The van der Waals surface area contributed by atoms with E-state index in [2.05, 4.69) is 55.7 Å². The number of hydrogen-bond donors (Lipinski definition) is 5. The van der Waals surface area contributed by atoms with Crippen molar-refractivity contribution in [3.05, 3.63) is 48.6 Å². The van der Waals surface area contributed by atoms with Crippen LogP contribution in [0.4, 0.5) is 0 Å². The van der Waals surface area contributed by atoms with Crippen molar-refractivity contribution in [2.75, 3.05) is 26.4 Å². The summed E-state index contributed by atoms with van der Waals surface area (Å²) < 4.78 is 32.5. The standard InChI is InChI=1S/C42H75O12P/c1-4-5-6-7-8-9-10-11-15-18-21-24-28-39(45)40(46)29-26-31-42(48)54-38(35-53-55(49,50)52-33-37(44)32-43)34-51-41(47)30-25-22-19-16-13-12-14-17-20-23-27-36(2)3/h5-6,8-9,11,15,21,24,36-40,43-46H,4,7,10,12-14,16-20,22-23,25-35H2,1-3H3,(H,49,50)/b6-5-,9-8-,15-11-,24-21-/t37-,38+,39+,40+/m0/s1. The van der Waals surface area contributed by atoms with Gasteiger partial charge in [-0.1, -0.05) is 134 Å². The van der Waals surface area contributed by atoms with E-state index < -0.39 is 70.6 Å². The molecule has 0 aromatic carbocycles. The van der Waals surface area contributed by atoms with Crippen LogP contribution < -0.4 is 0 Å². The van der Waals surface area contributed by atoms with E-state index >= 15 is 0 Å². The summed E-state index contributed by atoms with van der Waals surface area (Å²) in [5.74, 6) is -0.443. The minimum absolute atomic E-state index is 0.130. The number of esters is 2. The van der Waals surface area contributed by atoms with Crippen LogP contribution in [-0.2, 0) is 32.7 Å². The molecular formula is C42H75O12P. The molecule has 0 aliphatic heterocycles. The normalized spacial score (nSPS) is 15.7. The van der Waals surface area contributed by atoms with Gasteiger partial charge >= 0.3 is 19.8 Å². The van der Waals surface area contributed by atoms with Crippen molar-refractivity contribution >= 4 is 19.8 Å². The van der Waals surface area contributed by atoms with Gasteiger partial charge in [0.15, 0.2) is 6.10 Å². The summed E-state index contributed by atoms with van der Waals surface area (Å²) >= 11 is 0. The molecule has 1 unspecified atom stereocenters. The Bertz CT molecular complexity index is 1110. The molecule has 0 aromatic heterocycles. The first-order valence-electron chi connectivity index (χ1n) is 20.6. The molecular weight excluding hydrogens is 727 g/mol. The third-order valence-corrected chi connectivity index (χ3v) is 9.58. The Balaban J connectivity index is 4.60. The highest BCUT2D eigenvalue weighted by Crippen LogP contribution is 2.43. The molecule has 5 atom stereocenters. The zero-order valence-electron chi connectivity index (χ0n) is 34.0. The van der Waals surface area contributed by atoms with E-state index in [1.54, 1.807) is 6.08 Å². The Morgan fingerprint density at radius 2 is 1.13 bits per heavy atom. The first-order chi connectivity index (χ1) is 26.4. The molecule has 0 radical (unpaired) electrons. The van der Waals surface area contributed by atoms with Gasteiger partial charge in [-0.15, -0.1) is 0 Å². The molecule has 0 amide bonds. The van der Waals surface area contributed by atoms with Crippen LogP contribution in [-0.4, -0.2) is 88.1 Å². The monoisotopic (exact) mass is 802 g/mol. The molecule has 0 rings (SSSR count). The second-order valence-corrected chi connectivity index (χ2v) is 15.9. The second-order valence-electron chi connectivity index (χ2n) is 14.4. The van der Waals surface area contributed by atoms with Crippen LogP contribution in [0.15, 0.2) is 48.6 Å². The van der Waals surface area contributed by atoms with Crippen molar-refractivity contribution in [1.29, 1.82) is 0 Å². The molecule has 12 nitrogen and oxygen atoms in total. The van der Waals surface area contributed by atoms with Crippen LogP contribution in [0.2, 0.25) is 0 Å². The van der Waals surface area contributed by atoms with Crippen LogP contribution in [0.5, 0.6) is 0 Å². The number of rotatable bonds is 37. The minimum atomic E-state index is -4.70. The predicted molar refractivity (Wildman–Crippen MR) is 217 cm³/mol. The maximum atomic E-state index is 12.6. The molecule has 55 heavy (non-hydrogen) atoms. The molecule has 0 aliphatic carbocycles. The van der Waals surface area contributed by atoms with Crippen LogP contribution in [0, 0.1) is 5.92 Å². The number of allylic oxidation sites excluding steroid dienone is 7. The fourth-order valence-electron chi connectivity index (χ4n) is 5.32. The average molecular weight is 803 g/mol. The lowest BCUT2D eigenvalue weighted by Gasteiger charge is -2.20. The third-order valence-electron chi connectivity index (χ3n) is 8.63. The van der Waals surface area contributed by atoms with Gasteiger partial charge in [-0.2, -0.15) is 0 Å². The van der Waals surface area contributed by atoms with Crippen molar-refractivity contribution in [3.63, 3.8) is 0 Å². The second kappa shape index (κ2) is 36.2. The lowest BCUT2D eigenvalue weighted by Crippen LogP contribution is -2.30. The van der Waals surface area contributed by atoms with Crippen molar-refractivity contribution in [1.82, 2.24) is 0 Å². The molecule has 0 heterocycles. The Hall–Kier alpha value is -2.15. The molecule has 0 saturated heterocycles. The Kier molecular flexibility index (Phi) is 34.8. The first-order valence-corrected chi connectivity index (χ1v) is 22.1. The summed E-state index contributed by atoms with van der Waals surface area (Å²) in [6.45, 7) is 4.20. The fourth-order valence-corrected chi connectivity index (χ4v) is 6.11. The molecule has 0 aromatic rings.